The number of furan rings is 1. The molecule has 3 heterocycles. The zero-order chi connectivity index (χ0) is 24.4. The minimum Gasteiger partial charge on any atom is -0.459 e. The van der Waals surface area contributed by atoms with E-state index in [1.807, 2.05) is 25.7 Å². The van der Waals surface area contributed by atoms with Crippen molar-refractivity contribution in [2.75, 3.05) is 31.1 Å². The van der Waals surface area contributed by atoms with Crippen LogP contribution in [-0.4, -0.2) is 53.5 Å². The number of amides is 2. The molecule has 0 radical (unpaired) electrons. The van der Waals surface area contributed by atoms with Crippen LogP contribution in [0.15, 0.2) is 45.9 Å². The maximum atomic E-state index is 15.2. The highest BCUT2D eigenvalue weighted by Crippen LogP contribution is 2.26. The normalized spacial score (nSPS) is 14.9. The van der Waals surface area contributed by atoms with Crippen molar-refractivity contribution in [1.82, 2.24) is 14.8 Å². The molecule has 1 N–H and O–H groups in total. The maximum Gasteiger partial charge on any atom is 0.289 e. The van der Waals surface area contributed by atoms with Crippen molar-refractivity contribution < 1.29 is 18.4 Å². The maximum absolute atomic E-state index is 15.2. The molecular weight excluding hydrogens is 439 g/mol. The van der Waals surface area contributed by atoms with Crippen LogP contribution in [0.2, 0.25) is 0 Å². The fourth-order valence-corrected chi connectivity index (χ4v) is 4.18. The summed E-state index contributed by atoms with van der Waals surface area (Å²) in [5.41, 5.74) is 0.459. The number of carbonyl (C=O) groups is 2. The molecule has 1 aliphatic heterocycles. The van der Waals surface area contributed by atoms with Gasteiger partial charge in [0.1, 0.15) is 11.4 Å². The molecular formula is C25H29FN4O4. The van der Waals surface area contributed by atoms with E-state index in [0.717, 1.165) is 6.42 Å². The van der Waals surface area contributed by atoms with Crippen LogP contribution in [-0.2, 0) is 6.54 Å². The van der Waals surface area contributed by atoms with Gasteiger partial charge in [0.25, 0.3) is 11.8 Å². The highest BCUT2D eigenvalue weighted by molar-refractivity contribution is 5.98. The summed E-state index contributed by atoms with van der Waals surface area (Å²) in [6, 6.07) is 6.10. The SMILES string of the molecule is CC[C@@H](C)NC(=O)c1cn(CC)c2cc(N3CCN(C(=O)c4ccco4)CC3)c(F)cc2c1=O. The van der Waals surface area contributed by atoms with E-state index in [1.54, 1.807) is 33.9 Å². The molecule has 1 saturated heterocycles. The third-order valence-electron chi connectivity index (χ3n) is 6.36. The predicted molar refractivity (Wildman–Crippen MR) is 128 cm³/mol. The Bertz CT molecular complexity index is 1260. The van der Waals surface area contributed by atoms with Gasteiger partial charge in [-0.25, -0.2) is 4.39 Å². The fraction of sp³-hybridized carbons (Fsp3) is 0.400. The molecule has 3 aromatic rings. The van der Waals surface area contributed by atoms with Crippen LogP contribution in [0.5, 0.6) is 0 Å². The summed E-state index contributed by atoms with van der Waals surface area (Å²) in [4.78, 5) is 41.8. The molecule has 0 saturated carbocycles. The van der Waals surface area contributed by atoms with Crippen LogP contribution < -0.4 is 15.6 Å². The summed E-state index contributed by atoms with van der Waals surface area (Å²) in [6.07, 6.45) is 3.74. The van der Waals surface area contributed by atoms with Crippen molar-refractivity contribution in [3.05, 3.63) is 64.1 Å². The van der Waals surface area contributed by atoms with Gasteiger partial charge < -0.3 is 24.1 Å². The number of pyridine rings is 1. The number of hydrogen-bond donors (Lipinski definition) is 1. The van der Waals surface area contributed by atoms with Crippen molar-refractivity contribution in [2.24, 2.45) is 0 Å². The van der Waals surface area contributed by atoms with Crippen LogP contribution >= 0.6 is 0 Å². The summed E-state index contributed by atoms with van der Waals surface area (Å²) < 4.78 is 22.2. The Balaban J connectivity index is 1.62. The number of fused-ring (bicyclic) bond motifs is 1. The molecule has 1 aromatic carbocycles. The van der Waals surface area contributed by atoms with Crippen LogP contribution in [0.4, 0.5) is 10.1 Å². The second-order valence-electron chi connectivity index (χ2n) is 8.52. The van der Waals surface area contributed by atoms with Crippen LogP contribution in [0, 0.1) is 5.82 Å². The van der Waals surface area contributed by atoms with Crippen LogP contribution in [0.25, 0.3) is 10.9 Å². The zero-order valence-electron chi connectivity index (χ0n) is 19.6. The quantitative estimate of drug-likeness (QED) is 0.600. The first-order valence-corrected chi connectivity index (χ1v) is 11.6. The molecule has 180 valence electrons. The molecule has 8 nitrogen and oxygen atoms in total. The average Bonchev–Trinajstić information content (AvgIpc) is 3.39. The number of rotatable bonds is 6. The Morgan fingerprint density at radius 3 is 2.53 bits per heavy atom. The number of anilines is 1. The minimum absolute atomic E-state index is 0.00635. The van der Waals surface area contributed by atoms with Gasteiger partial charge in [0.2, 0.25) is 5.43 Å². The van der Waals surface area contributed by atoms with Crippen molar-refractivity contribution in [2.45, 2.75) is 39.8 Å². The third kappa shape index (κ3) is 4.42. The van der Waals surface area contributed by atoms with E-state index in [9.17, 15) is 14.4 Å². The van der Waals surface area contributed by atoms with E-state index in [0.29, 0.717) is 43.9 Å². The third-order valence-corrected chi connectivity index (χ3v) is 6.36. The largest absolute Gasteiger partial charge is 0.459 e. The van der Waals surface area contributed by atoms with Gasteiger partial charge in [-0.2, -0.15) is 0 Å². The summed E-state index contributed by atoms with van der Waals surface area (Å²) >= 11 is 0. The lowest BCUT2D eigenvalue weighted by atomic mass is 10.1. The topological polar surface area (TPSA) is 87.8 Å². The van der Waals surface area contributed by atoms with E-state index in [4.69, 9.17) is 4.42 Å². The van der Waals surface area contributed by atoms with Gasteiger partial charge in [0.15, 0.2) is 5.76 Å². The second-order valence-corrected chi connectivity index (χ2v) is 8.52. The number of piperazine rings is 1. The van der Waals surface area contributed by atoms with Gasteiger partial charge in [0.05, 0.1) is 17.5 Å². The highest BCUT2D eigenvalue weighted by atomic mass is 19.1. The number of hydrogen-bond acceptors (Lipinski definition) is 5. The molecule has 0 spiro atoms. The summed E-state index contributed by atoms with van der Waals surface area (Å²) in [5, 5.41) is 2.98. The fourth-order valence-electron chi connectivity index (χ4n) is 4.18. The monoisotopic (exact) mass is 468 g/mol. The van der Waals surface area contributed by atoms with E-state index >= 15 is 4.39 Å². The first kappa shape index (κ1) is 23.5. The first-order valence-electron chi connectivity index (χ1n) is 11.6. The van der Waals surface area contributed by atoms with E-state index in [2.05, 4.69) is 5.32 Å². The standard InChI is InChI=1S/C25H29FN4O4/c1-4-16(3)27-24(32)18-15-28(5-2)20-14-21(19(26)13-17(20)23(18)31)29-8-10-30(11-9-29)25(33)22-7-6-12-34-22/h6-7,12-16H,4-5,8-11H2,1-3H3,(H,27,32)/t16-/m1/s1. The van der Waals surface area contributed by atoms with E-state index in [-0.39, 0.29) is 28.7 Å². The molecule has 2 amide bonds. The van der Waals surface area contributed by atoms with Crippen molar-refractivity contribution in [3.63, 3.8) is 0 Å². The van der Waals surface area contributed by atoms with Crippen LogP contribution in [0.3, 0.4) is 0 Å². The lowest BCUT2D eigenvalue weighted by Crippen LogP contribution is -2.49. The summed E-state index contributed by atoms with van der Waals surface area (Å²) in [5.74, 6) is -0.889. The molecule has 34 heavy (non-hydrogen) atoms. The van der Waals surface area contributed by atoms with Crippen molar-refractivity contribution in [1.29, 1.82) is 0 Å². The van der Waals surface area contributed by atoms with E-state index in [1.165, 1.54) is 12.3 Å². The summed E-state index contributed by atoms with van der Waals surface area (Å²) in [6.45, 7) is 7.96. The summed E-state index contributed by atoms with van der Waals surface area (Å²) in [7, 11) is 0. The Labute approximate surface area is 196 Å². The van der Waals surface area contributed by atoms with Gasteiger partial charge >= 0.3 is 0 Å². The smallest absolute Gasteiger partial charge is 0.289 e. The lowest BCUT2D eigenvalue weighted by Gasteiger charge is -2.36. The van der Waals surface area contributed by atoms with Crippen molar-refractivity contribution >= 4 is 28.4 Å². The van der Waals surface area contributed by atoms with Crippen LogP contribution in [0.1, 0.15) is 48.1 Å². The average molecular weight is 469 g/mol. The molecule has 0 aliphatic carbocycles. The van der Waals surface area contributed by atoms with Gasteiger partial charge in [-0.15, -0.1) is 0 Å². The molecule has 4 rings (SSSR count). The Morgan fingerprint density at radius 2 is 1.91 bits per heavy atom. The van der Waals surface area contributed by atoms with Gasteiger partial charge in [-0.05, 0) is 44.5 Å². The Kier molecular flexibility index (Phi) is 6.72. The molecule has 1 fully saturated rings. The number of halogens is 1. The molecule has 9 heteroatoms. The molecule has 0 unspecified atom stereocenters. The number of benzene rings is 1. The van der Waals surface area contributed by atoms with Crippen molar-refractivity contribution in [3.8, 4) is 0 Å². The molecule has 1 aliphatic rings. The van der Waals surface area contributed by atoms with E-state index < -0.39 is 17.2 Å². The Morgan fingerprint density at radius 1 is 1.18 bits per heavy atom. The van der Waals surface area contributed by atoms with Gasteiger partial charge in [-0.1, -0.05) is 6.92 Å². The number of aromatic nitrogens is 1. The van der Waals surface area contributed by atoms with Gasteiger partial charge in [0, 0.05) is 50.3 Å². The number of carbonyl (C=O) groups excluding carboxylic acids is 2. The minimum atomic E-state index is -0.530. The van der Waals surface area contributed by atoms with Gasteiger partial charge in [-0.3, -0.25) is 14.4 Å². The number of aryl methyl sites for hydroxylation is 1. The Hall–Kier alpha value is -3.62. The second kappa shape index (κ2) is 9.70. The highest BCUT2D eigenvalue weighted by Gasteiger charge is 2.26. The first-order chi connectivity index (χ1) is 16.3. The lowest BCUT2D eigenvalue weighted by molar-refractivity contribution is 0.0714. The number of nitrogens with zero attached hydrogens (tertiary/aromatic N) is 3. The molecule has 0 bridgehead atoms. The predicted octanol–water partition coefficient (Wildman–Crippen LogP) is 3.24. The number of nitrogens with one attached hydrogen (secondary N) is 1. The molecule has 1 atom stereocenters. The molecule has 2 aromatic heterocycles. The zero-order valence-corrected chi connectivity index (χ0v) is 19.6.